The predicted molar refractivity (Wildman–Crippen MR) is 98.8 cm³/mol. The molecule has 1 aliphatic rings. The maximum atomic E-state index is 12.5. The van der Waals surface area contributed by atoms with Crippen LogP contribution < -0.4 is 19.5 Å². The minimum absolute atomic E-state index is 0.0731. The molecule has 7 heteroatoms. The van der Waals surface area contributed by atoms with Crippen LogP contribution in [0.3, 0.4) is 0 Å². The van der Waals surface area contributed by atoms with Crippen molar-refractivity contribution in [3.8, 4) is 17.2 Å². The number of carbonyl (C=O) groups excluding carboxylic acids is 1. The standard InChI is InChI=1S/C20H21NO6/c22-19(23)3-1-10-25-16-7-5-15(6-8-16)21-20(24)14-4-9-17-18(13-14)27-12-2-11-26-17/h4-9,13H,1-3,10-12H2,(H,21,24)(H,22,23). The lowest BCUT2D eigenvalue weighted by Crippen LogP contribution is -2.12. The number of anilines is 1. The summed E-state index contributed by atoms with van der Waals surface area (Å²) in [6.07, 6.45) is 1.32. The van der Waals surface area contributed by atoms with Gasteiger partial charge in [-0.2, -0.15) is 0 Å². The quantitative estimate of drug-likeness (QED) is 0.725. The molecule has 0 spiro atoms. The number of hydrogen-bond donors (Lipinski definition) is 2. The average molecular weight is 371 g/mol. The van der Waals surface area contributed by atoms with Gasteiger partial charge in [-0.25, -0.2) is 0 Å². The molecule has 0 bridgehead atoms. The Kier molecular flexibility index (Phi) is 6.14. The number of amides is 1. The number of aliphatic carboxylic acids is 1. The third kappa shape index (κ3) is 5.37. The largest absolute Gasteiger partial charge is 0.494 e. The molecule has 0 aliphatic carbocycles. The molecule has 0 saturated heterocycles. The van der Waals surface area contributed by atoms with Gasteiger partial charge in [-0.05, 0) is 48.9 Å². The van der Waals surface area contributed by atoms with Gasteiger partial charge < -0.3 is 24.6 Å². The number of hydrogen-bond acceptors (Lipinski definition) is 5. The van der Waals surface area contributed by atoms with Crippen molar-refractivity contribution < 1.29 is 28.9 Å². The lowest BCUT2D eigenvalue weighted by atomic mass is 10.2. The number of benzene rings is 2. The normalized spacial score (nSPS) is 12.7. The van der Waals surface area contributed by atoms with Crippen LogP contribution >= 0.6 is 0 Å². The van der Waals surface area contributed by atoms with E-state index < -0.39 is 5.97 Å². The summed E-state index contributed by atoms with van der Waals surface area (Å²) in [7, 11) is 0. The van der Waals surface area contributed by atoms with E-state index in [4.69, 9.17) is 19.3 Å². The maximum Gasteiger partial charge on any atom is 0.303 e. The Balaban J connectivity index is 1.56. The van der Waals surface area contributed by atoms with E-state index in [9.17, 15) is 9.59 Å². The number of nitrogens with one attached hydrogen (secondary N) is 1. The molecule has 3 rings (SSSR count). The molecule has 1 heterocycles. The van der Waals surface area contributed by atoms with E-state index in [2.05, 4.69) is 5.32 Å². The Morgan fingerprint density at radius 1 is 1.04 bits per heavy atom. The second kappa shape index (κ2) is 8.93. The summed E-state index contributed by atoms with van der Waals surface area (Å²) in [6, 6.07) is 12.0. The zero-order valence-corrected chi connectivity index (χ0v) is 14.8. The number of rotatable bonds is 7. The van der Waals surface area contributed by atoms with E-state index >= 15 is 0 Å². The summed E-state index contributed by atoms with van der Waals surface area (Å²) in [4.78, 5) is 22.9. The number of ether oxygens (including phenoxy) is 3. The highest BCUT2D eigenvalue weighted by atomic mass is 16.5. The van der Waals surface area contributed by atoms with Crippen LogP contribution in [-0.2, 0) is 4.79 Å². The molecule has 2 aromatic rings. The van der Waals surface area contributed by atoms with Gasteiger partial charge in [0.1, 0.15) is 5.75 Å². The van der Waals surface area contributed by atoms with E-state index in [0.29, 0.717) is 54.7 Å². The number of fused-ring (bicyclic) bond motifs is 1. The number of carboxylic acid groups (broad SMARTS) is 1. The van der Waals surface area contributed by atoms with Crippen LogP contribution in [0.5, 0.6) is 17.2 Å². The van der Waals surface area contributed by atoms with Gasteiger partial charge in [0, 0.05) is 24.1 Å². The summed E-state index contributed by atoms with van der Waals surface area (Å²) in [5.41, 5.74) is 1.11. The SMILES string of the molecule is O=C(O)CCCOc1ccc(NC(=O)c2ccc3c(c2)OCCCO3)cc1. The third-order valence-electron chi connectivity index (χ3n) is 3.93. The van der Waals surface area contributed by atoms with Crippen LogP contribution in [0.1, 0.15) is 29.6 Å². The molecular formula is C20H21NO6. The van der Waals surface area contributed by atoms with Gasteiger partial charge in [0.2, 0.25) is 0 Å². The summed E-state index contributed by atoms with van der Waals surface area (Å²) in [5.74, 6) is 0.750. The molecule has 1 amide bonds. The highest BCUT2D eigenvalue weighted by molar-refractivity contribution is 6.04. The molecule has 2 aromatic carbocycles. The second-order valence-electron chi connectivity index (χ2n) is 6.04. The molecule has 27 heavy (non-hydrogen) atoms. The molecule has 7 nitrogen and oxygen atoms in total. The molecule has 0 unspecified atom stereocenters. The van der Waals surface area contributed by atoms with Gasteiger partial charge in [-0.3, -0.25) is 9.59 Å². The minimum Gasteiger partial charge on any atom is -0.494 e. The summed E-state index contributed by atoms with van der Waals surface area (Å²) in [5, 5.41) is 11.4. The fourth-order valence-electron chi connectivity index (χ4n) is 2.56. The van der Waals surface area contributed by atoms with Crippen LogP contribution in [-0.4, -0.2) is 36.8 Å². The van der Waals surface area contributed by atoms with Crippen LogP contribution in [0, 0.1) is 0 Å². The van der Waals surface area contributed by atoms with E-state index in [1.165, 1.54) is 0 Å². The Labute approximate surface area is 156 Å². The highest BCUT2D eigenvalue weighted by Gasteiger charge is 2.14. The van der Waals surface area contributed by atoms with Gasteiger partial charge in [0.25, 0.3) is 5.91 Å². The predicted octanol–water partition coefficient (Wildman–Crippen LogP) is 3.34. The lowest BCUT2D eigenvalue weighted by Gasteiger charge is -2.10. The first-order chi connectivity index (χ1) is 13.1. The second-order valence-corrected chi connectivity index (χ2v) is 6.04. The van der Waals surface area contributed by atoms with Gasteiger partial charge in [-0.15, -0.1) is 0 Å². The Bertz CT molecular complexity index is 803. The first-order valence-electron chi connectivity index (χ1n) is 8.77. The van der Waals surface area contributed by atoms with Crippen molar-refractivity contribution in [1.82, 2.24) is 0 Å². The van der Waals surface area contributed by atoms with Crippen LogP contribution in [0.2, 0.25) is 0 Å². The van der Waals surface area contributed by atoms with Gasteiger partial charge in [0.05, 0.1) is 19.8 Å². The van der Waals surface area contributed by atoms with Gasteiger partial charge in [0.15, 0.2) is 11.5 Å². The smallest absolute Gasteiger partial charge is 0.303 e. The van der Waals surface area contributed by atoms with Crippen molar-refractivity contribution in [3.05, 3.63) is 48.0 Å². The summed E-state index contributed by atoms with van der Waals surface area (Å²) >= 11 is 0. The fourth-order valence-corrected chi connectivity index (χ4v) is 2.56. The lowest BCUT2D eigenvalue weighted by molar-refractivity contribution is -0.137. The van der Waals surface area contributed by atoms with Crippen LogP contribution in [0.4, 0.5) is 5.69 Å². The van der Waals surface area contributed by atoms with Crippen LogP contribution in [0.25, 0.3) is 0 Å². The van der Waals surface area contributed by atoms with Crippen molar-refractivity contribution >= 4 is 17.6 Å². The first kappa shape index (κ1) is 18.6. The topological polar surface area (TPSA) is 94.1 Å². The highest BCUT2D eigenvalue weighted by Crippen LogP contribution is 2.30. The Morgan fingerprint density at radius 3 is 2.52 bits per heavy atom. The fraction of sp³-hybridized carbons (Fsp3) is 0.300. The van der Waals surface area contributed by atoms with E-state index in [1.807, 2.05) is 0 Å². The molecule has 0 radical (unpaired) electrons. The number of carbonyl (C=O) groups is 2. The zero-order valence-electron chi connectivity index (χ0n) is 14.8. The van der Waals surface area contributed by atoms with Crippen molar-refractivity contribution in [2.24, 2.45) is 0 Å². The van der Waals surface area contributed by atoms with Gasteiger partial charge in [-0.1, -0.05) is 0 Å². The monoisotopic (exact) mass is 371 g/mol. The van der Waals surface area contributed by atoms with Gasteiger partial charge >= 0.3 is 5.97 Å². The van der Waals surface area contributed by atoms with E-state index in [-0.39, 0.29) is 12.3 Å². The molecule has 0 fully saturated rings. The molecule has 1 aliphatic heterocycles. The van der Waals surface area contributed by atoms with E-state index in [1.54, 1.807) is 42.5 Å². The maximum absolute atomic E-state index is 12.5. The molecule has 2 N–H and O–H groups in total. The molecule has 0 atom stereocenters. The molecule has 142 valence electrons. The third-order valence-corrected chi connectivity index (χ3v) is 3.93. The summed E-state index contributed by atoms with van der Waals surface area (Å²) < 4.78 is 16.6. The van der Waals surface area contributed by atoms with Crippen molar-refractivity contribution in [1.29, 1.82) is 0 Å². The molecular weight excluding hydrogens is 350 g/mol. The van der Waals surface area contributed by atoms with Crippen LogP contribution in [0.15, 0.2) is 42.5 Å². The summed E-state index contributed by atoms with van der Waals surface area (Å²) in [6.45, 7) is 1.49. The molecule has 0 saturated carbocycles. The van der Waals surface area contributed by atoms with Crippen molar-refractivity contribution in [3.63, 3.8) is 0 Å². The minimum atomic E-state index is -0.841. The first-order valence-corrected chi connectivity index (χ1v) is 8.77. The molecule has 0 aromatic heterocycles. The number of carboxylic acids is 1. The van der Waals surface area contributed by atoms with Crippen molar-refractivity contribution in [2.45, 2.75) is 19.3 Å². The zero-order chi connectivity index (χ0) is 19.1. The van der Waals surface area contributed by atoms with E-state index in [0.717, 1.165) is 6.42 Å². The Morgan fingerprint density at radius 2 is 1.78 bits per heavy atom. The average Bonchev–Trinajstić information content (AvgIpc) is 2.91. The van der Waals surface area contributed by atoms with Crippen molar-refractivity contribution in [2.75, 3.05) is 25.1 Å². The Hall–Kier alpha value is -3.22.